The van der Waals surface area contributed by atoms with Crippen LogP contribution in [-0.4, -0.2) is 0 Å². The first-order valence-electron chi connectivity index (χ1n) is 21.5. The minimum atomic E-state index is -0.0474. The fourth-order valence-corrected chi connectivity index (χ4v) is 13.8. The van der Waals surface area contributed by atoms with E-state index in [-0.39, 0.29) is 10.8 Å². The number of hydrogen-bond acceptors (Lipinski definition) is 0. The van der Waals surface area contributed by atoms with Gasteiger partial charge in [0.05, 0.1) is 0 Å². The van der Waals surface area contributed by atoms with Gasteiger partial charge in [-0.2, -0.15) is 0 Å². The molecule has 6 aliphatic rings. The van der Waals surface area contributed by atoms with Gasteiger partial charge in [-0.15, -0.1) is 0 Å². The van der Waals surface area contributed by atoms with E-state index >= 15 is 0 Å². The minimum absolute atomic E-state index is 0.0474. The molecular formula is C57H46. The van der Waals surface area contributed by atoms with Crippen molar-refractivity contribution >= 4 is 21.5 Å². The molecule has 0 unspecified atom stereocenters. The van der Waals surface area contributed by atoms with Gasteiger partial charge in [0.15, 0.2) is 0 Å². The normalized spacial score (nSPS) is 24.2. The average Bonchev–Trinajstić information content (AvgIpc) is 3.66. The van der Waals surface area contributed by atoms with Crippen molar-refractivity contribution < 1.29 is 0 Å². The van der Waals surface area contributed by atoms with Crippen LogP contribution in [0.2, 0.25) is 0 Å². The topological polar surface area (TPSA) is 0 Å². The van der Waals surface area contributed by atoms with E-state index in [1.165, 1.54) is 120 Å². The molecule has 8 aromatic carbocycles. The molecule has 0 amide bonds. The summed E-state index contributed by atoms with van der Waals surface area (Å²) in [6, 6.07) is 60.9. The highest BCUT2D eigenvalue weighted by Crippen LogP contribution is 2.69. The third kappa shape index (κ3) is 4.24. The second kappa shape index (κ2) is 11.4. The van der Waals surface area contributed by atoms with E-state index in [1.807, 2.05) is 0 Å². The molecule has 0 saturated heterocycles. The molecule has 0 N–H and O–H groups in total. The van der Waals surface area contributed by atoms with Gasteiger partial charge in [-0.05, 0) is 167 Å². The molecule has 0 heteroatoms. The van der Waals surface area contributed by atoms with Crippen molar-refractivity contribution in [2.45, 2.75) is 56.8 Å². The van der Waals surface area contributed by atoms with Crippen LogP contribution < -0.4 is 0 Å². The summed E-state index contributed by atoms with van der Waals surface area (Å²) in [6.07, 6.45) is 7.15. The van der Waals surface area contributed by atoms with Crippen molar-refractivity contribution in [1.82, 2.24) is 0 Å². The molecule has 57 heavy (non-hydrogen) atoms. The summed E-state index contributed by atoms with van der Waals surface area (Å²) in [4.78, 5) is 0. The van der Waals surface area contributed by atoms with E-state index < -0.39 is 0 Å². The van der Waals surface area contributed by atoms with Crippen molar-refractivity contribution in [3.63, 3.8) is 0 Å². The molecule has 0 atom stereocenters. The van der Waals surface area contributed by atoms with E-state index in [1.54, 1.807) is 11.1 Å². The molecule has 8 aromatic rings. The van der Waals surface area contributed by atoms with E-state index in [4.69, 9.17) is 0 Å². The highest BCUT2D eigenvalue weighted by molar-refractivity contribution is 6.21. The summed E-state index contributed by atoms with van der Waals surface area (Å²) in [5, 5.41) is 5.23. The van der Waals surface area contributed by atoms with Crippen LogP contribution in [0.25, 0.3) is 77.2 Å². The monoisotopic (exact) mass is 730 g/mol. The maximum absolute atomic E-state index is 2.63. The first-order valence-corrected chi connectivity index (χ1v) is 21.5. The Kier molecular flexibility index (Phi) is 6.50. The number of benzene rings is 8. The summed E-state index contributed by atoms with van der Waals surface area (Å²) in [5.74, 6) is 3.45. The van der Waals surface area contributed by atoms with Gasteiger partial charge in [0.1, 0.15) is 0 Å². The second-order valence-electron chi connectivity index (χ2n) is 18.8. The third-order valence-electron chi connectivity index (χ3n) is 15.9. The lowest BCUT2D eigenvalue weighted by Crippen LogP contribution is -2.55. The molecule has 14 rings (SSSR count). The lowest BCUT2D eigenvalue weighted by atomic mass is 9.43. The Morgan fingerprint density at radius 3 is 1.39 bits per heavy atom. The Morgan fingerprint density at radius 2 is 0.772 bits per heavy atom. The van der Waals surface area contributed by atoms with Crippen LogP contribution in [0, 0.1) is 23.7 Å². The van der Waals surface area contributed by atoms with Crippen LogP contribution >= 0.6 is 0 Å². The van der Waals surface area contributed by atoms with Crippen LogP contribution in [0.4, 0.5) is 0 Å². The smallest absolute Gasteiger partial charge is 0.0272 e. The number of rotatable bonds is 3. The molecule has 6 aliphatic carbocycles. The van der Waals surface area contributed by atoms with Crippen LogP contribution in [0.1, 0.15) is 68.2 Å². The first-order chi connectivity index (χ1) is 28.0. The van der Waals surface area contributed by atoms with Gasteiger partial charge in [-0.1, -0.05) is 159 Å². The predicted octanol–water partition coefficient (Wildman–Crippen LogP) is 15.0. The Bertz CT molecular complexity index is 2910. The highest BCUT2D eigenvalue weighted by Gasteiger charge is 2.61. The highest BCUT2D eigenvalue weighted by atomic mass is 14.6. The third-order valence-corrected chi connectivity index (χ3v) is 15.9. The molecule has 0 radical (unpaired) electrons. The Balaban J connectivity index is 0.936. The number of hydrogen-bond donors (Lipinski definition) is 0. The largest absolute Gasteiger partial charge is 0.0619 e. The molecule has 1 spiro atoms. The summed E-state index contributed by atoms with van der Waals surface area (Å²) < 4.78 is 0. The van der Waals surface area contributed by atoms with Crippen molar-refractivity contribution in [2.24, 2.45) is 23.7 Å². The van der Waals surface area contributed by atoms with Gasteiger partial charge in [-0.3, -0.25) is 0 Å². The zero-order chi connectivity index (χ0) is 37.6. The fourth-order valence-electron chi connectivity index (χ4n) is 13.8. The Labute approximate surface area is 336 Å². The lowest BCUT2D eigenvalue weighted by Gasteiger charge is -2.61. The van der Waals surface area contributed by atoms with E-state index in [0.29, 0.717) is 0 Å². The summed E-state index contributed by atoms with van der Waals surface area (Å²) >= 11 is 0. The first kappa shape index (κ1) is 32.4. The standard InChI is InChI=1S/C57H46/c1-56(2)50-17-9-7-11-42(50)44-26-24-39(33-52(44)56)55-48-15-5-3-13-46(48)54(47-14-4-6-16-49(47)55)37-21-19-36(20-22-37)38-23-25-45-43-12-8-10-18-51(43)57(53(45)32-38)40-28-34-27-35(30-40)31-41(57)29-34/h3-26,32-35,40-41H,27-31H2,1-2H3. The molecule has 4 fully saturated rings. The Morgan fingerprint density at radius 1 is 0.351 bits per heavy atom. The maximum Gasteiger partial charge on any atom is 0.0272 e. The van der Waals surface area contributed by atoms with Crippen molar-refractivity contribution in [3.05, 3.63) is 180 Å². The lowest BCUT2D eigenvalue weighted by molar-refractivity contribution is -0.0399. The molecule has 4 bridgehead atoms. The van der Waals surface area contributed by atoms with Gasteiger partial charge in [0.2, 0.25) is 0 Å². The van der Waals surface area contributed by atoms with Gasteiger partial charge >= 0.3 is 0 Å². The molecule has 0 heterocycles. The molecule has 0 aliphatic heterocycles. The van der Waals surface area contributed by atoms with Gasteiger partial charge in [0.25, 0.3) is 0 Å². The van der Waals surface area contributed by atoms with E-state index in [9.17, 15) is 0 Å². The number of fused-ring (bicyclic) bond motifs is 8. The minimum Gasteiger partial charge on any atom is -0.0619 e. The van der Waals surface area contributed by atoms with Gasteiger partial charge < -0.3 is 0 Å². The van der Waals surface area contributed by atoms with Gasteiger partial charge in [-0.25, -0.2) is 0 Å². The molecule has 0 aromatic heterocycles. The van der Waals surface area contributed by atoms with Crippen molar-refractivity contribution in [1.29, 1.82) is 0 Å². The van der Waals surface area contributed by atoms with E-state index in [2.05, 4.69) is 172 Å². The van der Waals surface area contributed by atoms with E-state index in [0.717, 1.165) is 23.7 Å². The summed E-state index contributed by atoms with van der Waals surface area (Å²) in [7, 11) is 0. The zero-order valence-corrected chi connectivity index (χ0v) is 32.9. The predicted molar refractivity (Wildman–Crippen MR) is 239 cm³/mol. The summed E-state index contributed by atoms with van der Waals surface area (Å²) in [6.45, 7) is 4.76. The molecule has 4 saturated carbocycles. The van der Waals surface area contributed by atoms with Crippen LogP contribution in [0.5, 0.6) is 0 Å². The van der Waals surface area contributed by atoms with Crippen molar-refractivity contribution in [2.75, 3.05) is 0 Å². The van der Waals surface area contributed by atoms with Gasteiger partial charge in [0, 0.05) is 10.8 Å². The Hall–Kier alpha value is -5.72. The second-order valence-corrected chi connectivity index (χ2v) is 18.8. The average molecular weight is 731 g/mol. The molecular weight excluding hydrogens is 685 g/mol. The van der Waals surface area contributed by atoms with Crippen LogP contribution in [-0.2, 0) is 10.8 Å². The quantitative estimate of drug-likeness (QED) is 0.159. The zero-order valence-electron chi connectivity index (χ0n) is 32.9. The SMILES string of the molecule is CC1(C)c2ccccc2-c2ccc(-c3c4ccccc4c(-c4ccc(-c5ccc6c(c5)C5(c7ccccc7-6)C6CC7CC(C6)CC5C7)cc4)c4ccccc34)cc21. The molecule has 0 nitrogen and oxygen atoms in total. The van der Waals surface area contributed by atoms with Crippen molar-refractivity contribution in [3.8, 4) is 55.6 Å². The molecule has 274 valence electrons. The fraction of sp³-hybridized carbons (Fsp3) is 0.228. The van der Waals surface area contributed by atoms with Crippen LogP contribution in [0.15, 0.2) is 158 Å². The van der Waals surface area contributed by atoms with Crippen LogP contribution in [0.3, 0.4) is 0 Å². The maximum atomic E-state index is 2.63. The summed E-state index contributed by atoms with van der Waals surface area (Å²) in [5.41, 5.74) is 19.8.